The van der Waals surface area contributed by atoms with Gasteiger partial charge in [0.25, 0.3) is 0 Å². The van der Waals surface area contributed by atoms with E-state index in [1.165, 1.54) is 22.3 Å². The third kappa shape index (κ3) is 5.64. The summed E-state index contributed by atoms with van der Waals surface area (Å²) < 4.78 is 28.9. The smallest absolute Gasteiger partial charge is 0.160 e. The molecule has 0 N–H and O–H groups in total. The van der Waals surface area contributed by atoms with Crippen LogP contribution in [0.25, 0.3) is 98.9 Å². The van der Waals surface area contributed by atoms with Gasteiger partial charge in [0.15, 0.2) is 16.7 Å². The molecular formula is C73H44N2O4. The van der Waals surface area contributed by atoms with Gasteiger partial charge < -0.3 is 27.5 Å². The van der Waals surface area contributed by atoms with Crippen molar-refractivity contribution in [3.05, 3.63) is 277 Å². The average molecular weight is 1010 g/mol. The molecule has 0 saturated heterocycles. The number of hydrogen-bond donors (Lipinski definition) is 0. The molecule has 370 valence electrons. The van der Waals surface area contributed by atoms with Gasteiger partial charge in [-0.2, -0.15) is 0 Å². The molecule has 6 heteroatoms. The molecule has 0 saturated carbocycles. The molecule has 3 unspecified atom stereocenters. The Kier molecular flexibility index (Phi) is 8.62. The van der Waals surface area contributed by atoms with Crippen LogP contribution >= 0.6 is 0 Å². The molecule has 6 nitrogen and oxygen atoms in total. The maximum Gasteiger partial charge on any atom is 0.160 e. The molecule has 3 aliphatic carbocycles. The van der Waals surface area contributed by atoms with Crippen molar-refractivity contribution in [2.24, 2.45) is 5.92 Å². The van der Waals surface area contributed by atoms with E-state index in [1.54, 1.807) is 0 Å². The van der Waals surface area contributed by atoms with Crippen LogP contribution in [-0.4, -0.2) is 0 Å². The second kappa shape index (κ2) is 15.9. The highest BCUT2D eigenvalue weighted by atomic mass is 16.3. The van der Waals surface area contributed by atoms with Crippen LogP contribution in [0.3, 0.4) is 0 Å². The number of hydrogen-bond acceptors (Lipinski definition) is 6. The minimum absolute atomic E-state index is 0.0268. The van der Waals surface area contributed by atoms with Gasteiger partial charge in [0.05, 0.1) is 33.6 Å². The predicted molar refractivity (Wildman–Crippen MR) is 321 cm³/mol. The number of anilines is 6. The quantitative estimate of drug-likeness (QED) is 0.165. The van der Waals surface area contributed by atoms with Crippen LogP contribution in [0.15, 0.2) is 272 Å². The van der Waals surface area contributed by atoms with Gasteiger partial charge >= 0.3 is 0 Å². The number of allylic oxidation sites excluding steroid dienone is 4. The Morgan fingerprint density at radius 2 is 0.772 bits per heavy atom. The van der Waals surface area contributed by atoms with E-state index in [-0.39, 0.29) is 11.8 Å². The lowest BCUT2D eigenvalue weighted by atomic mass is 9.65. The van der Waals surface area contributed by atoms with E-state index in [4.69, 9.17) is 17.7 Å². The molecule has 4 aromatic heterocycles. The number of rotatable bonds is 6. The first-order valence-corrected chi connectivity index (χ1v) is 27.2. The Bertz CT molecular complexity index is 5130. The molecule has 0 fully saturated rings. The van der Waals surface area contributed by atoms with Crippen molar-refractivity contribution < 1.29 is 17.7 Å². The summed E-state index contributed by atoms with van der Waals surface area (Å²) in [6.07, 6.45) is 9.38. The standard InChI is InChI=1S/C73H44N2O4/c1-3-21-43(22-4-1)74(57-35-19-31-49-47-27-9-15-37-61(47)76-69(49)57)59-41-56-68(72-65(59)51-29-11-17-39-63(51)79-72)67-55(73(56)53-33-13-7-25-45(53)46-26-8-14-34-54(46)73)42-60(71-66(67)52-30-12-18-40-64(52)78-71)75(44-23-5-2-6-24-44)58-36-20-32-50-48-28-10-16-38-62(48)77-70(50)58/h1-42,45,53H. The Morgan fingerprint density at radius 1 is 0.316 bits per heavy atom. The van der Waals surface area contributed by atoms with E-state index in [0.29, 0.717) is 0 Å². The molecule has 79 heavy (non-hydrogen) atoms. The first kappa shape index (κ1) is 42.9. The fraction of sp³-hybridized carbons (Fsp3) is 0.0411. The maximum atomic E-state index is 7.57. The van der Waals surface area contributed by atoms with Crippen LogP contribution in [0, 0.1) is 5.92 Å². The summed E-state index contributed by atoms with van der Waals surface area (Å²) in [5, 5.41) is 8.37. The van der Waals surface area contributed by atoms with Crippen molar-refractivity contribution in [2.45, 2.75) is 11.3 Å². The van der Waals surface area contributed by atoms with E-state index >= 15 is 0 Å². The number of benzene rings is 11. The average Bonchev–Trinajstić information content (AvgIpc) is 2.19. The normalized spacial score (nSPS) is 17.1. The predicted octanol–water partition coefficient (Wildman–Crippen LogP) is 20.4. The number of nitrogens with zero attached hydrogens (tertiary/aromatic N) is 2. The molecule has 0 bridgehead atoms. The zero-order valence-corrected chi connectivity index (χ0v) is 42.4. The molecule has 18 rings (SSSR count). The minimum Gasteiger partial charge on any atom is -0.455 e. The summed E-state index contributed by atoms with van der Waals surface area (Å²) >= 11 is 0. The second-order valence-corrected chi connectivity index (χ2v) is 21.3. The summed E-state index contributed by atoms with van der Waals surface area (Å²) in [5.74, 6) is 0.0557. The van der Waals surface area contributed by atoms with Gasteiger partial charge in [-0.3, -0.25) is 0 Å². The summed E-state index contributed by atoms with van der Waals surface area (Å²) in [6, 6.07) is 82.4. The van der Waals surface area contributed by atoms with Gasteiger partial charge in [-0.1, -0.05) is 182 Å². The Labute approximate surface area is 452 Å². The third-order valence-corrected chi connectivity index (χ3v) is 17.5. The molecule has 11 aromatic carbocycles. The lowest BCUT2D eigenvalue weighted by molar-refractivity contribution is 0.466. The van der Waals surface area contributed by atoms with Crippen molar-refractivity contribution in [1.82, 2.24) is 0 Å². The highest BCUT2D eigenvalue weighted by Crippen LogP contribution is 2.70. The zero-order chi connectivity index (χ0) is 51.5. The van der Waals surface area contributed by atoms with Gasteiger partial charge in [-0.25, -0.2) is 0 Å². The summed E-state index contributed by atoms with van der Waals surface area (Å²) in [7, 11) is 0. The summed E-state index contributed by atoms with van der Waals surface area (Å²) in [6.45, 7) is 0. The summed E-state index contributed by atoms with van der Waals surface area (Å²) in [4.78, 5) is 4.79. The highest BCUT2D eigenvalue weighted by Gasteiger charge is 2.59. The van der Waals surface area contributed by atoms with Crippen molar-refractivity contribution in [2.75, 3.05) is 9.80 Å². The molecule has 3 aliphatic rings. The SMILES string of the molecule is C1=CC2c3ccccc3C3(c4cc(N(c5ccccc5)c5cccc6c5oc5ccccc56)c5c(oc6ccccc65)c4-c4c3cc(N(c3ccccc3)c3cccc5c3oc3ccccc35)c3oc5ccccc5c43)C2C=C1. The number of furan rings is 4. The first-order valence-electron chi connectivity index (χ1n) is 27.2. The topological polar surface area (TPSA) is 59.0 Å². The molecule has 0 aliphatic heterocycles. The molecule has 0 amide bonds. The zero-order valence-electron chi connectivity index (χ0n) is 42.4. The Balaban J connectivity index is 1.04. The van der Waals surface area contributed by atoms with Crippen LogP contribution in [-0.2, 0) is 5.41 Å². The van der Waals surface area contributed by atoms with Gasteiger partial charge in [-0.05, 0) is 95.1 Å². The molecule has 0 radical (unpaired) electrons. The minimum atomic E-state index is -0.752. The fourth-order valence-corrected chi connectivity index (χ4v) is 14.5. The van der Waals surface area contributed by atoms with E-state index in [1.807, 2.05) is 12.1 Å². The number of fused-ring (bicyclic) bond motifs is 24. The van der Waals surface area contributed by atoms with Crippen LogP contribution in [0.5, 0.6) is 0 Å². The van der Waals surface area contributed by atoms with E-state index < -0.39 is 5.41 Å². The Hall–Kier alpha value is -10.3. The largest absolute Gasteiger partial charge is 0.455 e. The third-order valence-electron chi connectivity index (χ3n) is 17.5. The molecule has 3 atom stereocenters. The van der Waals surface area contributed by atoms with Crippen LogP contribution < -0.4 is 9.80 Å². The van der Waals surface area contributed by atoms with Gasteiger partial charge in [0, 0.05) is 72.0 Å². The van der Waals surface area contributed by atoms with Crippen LogP contribution in [0.1, 0.15) is 28.2 Å². The second-order valence-electron chi connectivity index (χ2n) is 21.3. The van der Waals surface area contributed by atoms with Gasteiger partial charge in [0.1, 0.15) is 27.9 Å². The van der Waals surface area contributed by atoms with Crippen molar-refractivity contribution in [3.63, 3.8) is 0 Å². The van der Waals surface area contributed by atoms with Gasteiger partial charge in [0.2, 0.25) is 0 Å². The lowest BCUT2D eigenvalue weighted by Crippen LogP contribution is -2.33. The van der Waals surface area contributed by atoms with E-state index in [9.17, 15) is 0 Å². The first-order chi connectivity index (χ1) is 39.2. The van der Waals surface area contributed by atoms with Crippen molar-refractivity contribution in [3.8, 4) is 11.1 Å². The highest BCUT2D eigenvalue weighted by molar-refractivity contribution is 6.26. The molecule has 15 aromatic rings. The molecule has 1 spiro atoms. The van der Waals surface area contributed by atoms with E-state index in [2.05, 4.69) is 252 Å². The summed E-state index contributed by atoms with van der Waals surface area (Å²) in [5.41, 5.74) is 18.7. The Morgan fingerprint density at radius 3 is 1.41 bits per heavy atom. The van der Waals surface area contributed by atoms with Crippen LogP contribution in [0.4, 0.5) is 34.1 Å². The maximum absolute atomic E-state index is 7.57. The lowest BCUT2D eigenvalue weighted by Gasteiger charge is -2.37. The van der Waals surface area contributed by atoms with E-state index in [0.717, 1.165) is 133 Å². The van der Waals surface area contributed by atoms with Gasteiger partial charge in [-0.15, -0.1) is 0 Å². The molecule has 4 heterocycles. The van der Waals surface area contributed by atoms with Crippen molar-refractivity contribution in [1.29, 1.82) is 0 Å². The number of para-hydroxylation sites is 8. The molecular weight excluding hydrogens is 969 g/mol. The fourth-order valence-electron chi connectivity index (χ4n) is 14.5. The van der Waals surface area contributed by atoms with Crippen LogP contribution in [0.2, 0.25) is 0 Å². The monoisotopic (exact) mass is 1010 g/mol. The van der Waals surface area contributed by atoms with Crippen molar-refractivity contribution >= 4 is 122 Å².